The smallest absolute Gasteiger partial charge is 0.254 e. The molecule has 1 aliphatic heterocycles. The van der Waals surface area contributed by atoms with Crippen LogP contribution in [-0.2, 0) is 5.41 Å². The van der Waals surface area contributed by atoms with Crippen molar-refractivity contribution in [3.05, 3.63) is 65.2 Å². The number of amides is 1. The number of hydrogen-bond donors (Lipinski definition) is 0. The van der Waals surface area contributed by atoms with Crippen molar-refractivity contribution in [2.45, 2.75) is 39.2 Å². The van der Waals surface area contributed by atoms with Gasteiger partial charge in [-0.25, -0.2) is 0 Å². The third-order valence-electron chi connectivity index (χ3n) is 4.42. The number of likely N-dealkylation sites (tertiary alicyclic amines) is 1. The van der Waals surface area contributed by atoms with Crippen molar-refractivity contribution in [3.8, 4) is 5.75 Å². The van der Waals surface area contributed by atoms with Crippen LogP contribution < -0.4 is 4.74 Å². The summed E-state index contributed by atoms with van der Waals surface area (Å²) in [4.78, 5) is 14.3. The first-order valence-electron chi connectivity index (χ1n) is 8.47. The van der Waals surface area contributed by atoms with Gasteiger partial charge in [-0.05, 0) is 36.1 Å². The third-order valence-corrected chi connectivity index (χ3v) is 4.42. The Balaban J connectivity index is 1.62. The molecule has 0 N–H and O–H groups in total. The van der Waals surface area contributed by atoms with E-state index in [-0.39, 0.29) is 17.4 Å². The maximum Gasteiger partial charge on any atom is 0.254 e. The van der Waals surface area contributed by atoms with Crippen molar-refractivity contribution in [3.63, 3.8) is 0 Å². The topological polar surface area (TPSA) is 29.5 Å². The van der Waals surface area contributed by atoms with E-state index >= 15 is 0 Å². The molecule has 2 aromatic carbocycles. The minimum atomic E-state index is 0.0394. The molecule has 0 aliphatic carbocycles. The molecule has 0 aromatic heterocycles. The van der Waals surface area contributed by atoms with Gasteiger partial charge in [0.05, 0.1) is 13.1 Å². The van der Waals surface area contributed by atoms with E-state index in [1.54, 1.807) is 0 Å². The molecule has 0 radical (unpaired) electrons. The second kappa shape index (κ2) is 6.31. The highest BCUT2D eigenvalue weighted by Gasteiger charge is 2.33. The number of carbonyl (C=O) groups is 1. The molecule has 1 fully saturated rings. The molecule has 0 saturated carbocycles. The predicted molar refractivity (Wildman–Crippen MR) is 96.6 cm³/mol. The summed E-state index contributed by atoms with van der Waals surface area (Å²) in [6.07, 6.45) is 0.0721. The molecule has 3 heteroatoms. The molecule has 1 saturated heterocycles. The molecule has 3 rings (SSSR count). The van der Waals surface area contributed by atoms with Crippen LogP contribution in [0.2, 0.25) is 0 Å². The van der Waals surface area contributed by atoms with E-state index in [2.05, 4.69) is 26.8 Å². The highest BCUT2D eigenvalue weighted by molar-refractivity contribution is 5.94. The van der Waals surface area contributed by atoms with E-state index in [0.717, 1.165) is 16.9 Å². The summed E-state index contributed by atoms with van der Waals surface area (Å²) >= 11 is 0. The van der Waals surface area contributed by atoms with Crippen LogP contribution in [0.15, 0.2) is 48.5 Å². The lowest BCUT2D eigenvalue weighted by Crippen LogP contribution is -2.56. The van der Waals surface area contributed by atoms with Crippen molar-refractivity contribution in [2.75, 3.05) is 13.1 Å². The highest BCUT2D eigenvalue weighted by atomic mass is 16.5. The fourth-order valence-electron chi connectivity index (χ4n) is 2.93. The summed E-state index contributed by atoms with van der Waals surface area (Å²) in [5, 5.41) is 0. The first-order chi connectivity index (χ1) is 11.3. The molecule has 24 heavy (non-hydrogen) atoms. The Labute approximate surface area is 144 Å². The standard InChI is InChI=1S/C21H25NO2/c1-15-9-11-16(12-10-15)20(23)22-13-17(14-22)24-19-8-6-5-7-18(19)21(2,3)4/h5-12,17H,13-14H2,1-4H3. The van der Waals surface area contributed by atoms with E-state index < -0.39 is 0 Å². The molecule has 0 bridgehead atoms. The van der Waals surface area contributed by atoms with Gasteiger partial charge in [0.25, 0.3) is 5.91 Å². The van der Waals surface area contributed by atoms with E-state index in [1.807, 2.05) is 54.3 Å². The molecule has 2 aromatic rings. The van der Waals surface area contributed by atoms with Crippen LogP contribution >= 0.6 is 0 Å². The fourth-order valence-corrected chi connectivity index (χ4v) is 2.93. The summed E-state index contributed by atoms with van der Waals surface area (Å²) < 4.78 is 6.15. The van der Waals surface area contributed by atoms with Gasteiger partial charge in [0.1, 0.15) is 11.9 Å². The van der Waals surface area contributed by atoms with Crippen LogP contribution in [0.5, 0.6) is 5.75 Å². The number of rotatable bonds is 3. The molecule has 0 unspecified atom stereocenters. The highest BCUT2D eigenvalue weighted by Crippen LogP contribution is 2.32. The predicted octanol–water partition coefficient (Wildman–Crippen LogP) is 4.20. The Morgan fingerprint density at radius 2 is 1.67 bits per heavy atom. The van der Waals surface area contributed by atoms with Gasteiger partial charge in [0, 0.05) is 5.56 Å². The van der Waals surface area contributed by atoms with Crippen molar-refractivity contribution in [1.82, 2.24) is 4.90 Å². The zero-order valence-electron chi connectivity index (χ0n) is 14.9. The Morgan fingerprint density at radius 3 is 2.29 bits per heavy atom. The van der Waals surface area contributed by atoms with E-state index in [4.69, 9.17) is 4.74 Å². The number of nitrogens with zero attached hydrogens (tertiary/aromatic N) is 1. The van der Waals surface area contributed by atoms with Crippen LogP contribution in [-0.4, -0.2) is 30.0 Å². The monoisotopic (exact) mass is 323 g/mol. The van der Waals surface area contributed by atoms with Crippen LogP contribution in [0, 0.1) is 6.92 Å². The van der Waals surface area contributed by atoms with Gasteiger partial charge >= 0.3 is 0 Å². The van der Waals surface area contributed by atoms with Crippen LogP contribution in [0.25, 0.3) is 0 Å². The van der Waals surface area contributed by atoms with Gasteiger partial charge in [-0.3, -0.25) is 4.79 Å². The number of carbonyl (C=O) groups excluding carboxylic acids is 1. The summed E-state index contributed by atoms with van der Waals surface area (Å²) in [7, 11) is 0. The summed E-state index contributed by atoms with van der Waals surface area (Å²) in [6, 6.07) is 15.9. The number of hydrogen-bond acceptors (Lipinski definition) is 2. The normalized spacial score (nSPS) is 15.1. The molecule has 1 heterocycles. The summed E-state index contributed by atoms with van der Waals surface area (Å²) in [6.45, 7) is 9.86. The second-order valence-electron chi connectivity index (χ2n) is 7.56. The minimum Gasteiger partial charge on any atom is -0.486 e. The van der Waals surface area contributed by atoms with Gasteiger partial charge in [-0.2, -0.15) is 0 Å². The van der Waals surface area contributed by atoms with Gasteiger partial charge in [0.2, 0.25) is 0 Å². The van der Waals surface area contributed by atoms with Crippen molar-refractivity contribution >= 4 is 5.91 Å². The first-order valence-corrected chi connectivity index (χ1v) is 8.47. The number of aryl methyl sites for hydroxylation is 1. The summed E-state index contributed by atoms with van der Waals surface area (Å²) in [5.74, 6) is 1.01. The second-order valence-corrected chi connectivity index (χ2v) is 7.56. The molecule has 3 nitrogen and oxygen atoms in total. The lowest BCUT2D eigenvalue weighted by Gasteiger charge is -2.39. The lowest BCUT2D eigenvalue weighted by atomic mass is 9.86. The molecule has 0 spiro atoms. The Hall–Kier alpha value is -2.29. The van der Waals surface area contributed by atoms with E-state index in [9.17, 15) is 4.79 Å². The molecular weight excluding hydrogens is 298 g/mol. The third kappa shape index (κ3) is 3.45. The van der Waals surface area contributed by atoms with Crippen LogP contribution in [0.4, 0.5) is 0 Å². The zero-order chi connectivity index (χ0) is 17.3. The average molecular weight is 323 g/mol. The quantitative estimate of drug-likeness (QED) is 0.847. The number of benzene rings is 2. The molecule has 1 aliphatic rings. The Kier molecular flexibility index (Phi) is 4.35. The molecule has 126 valence electrons. The number of para-hydroxylation sites is 1. The van der Waals surface area contributed by atoms with Crippen LogP contribution in [0.3, 0.4) is 0 Å². The molecule has 1 amide bonds. The van der Waals surface area contributed by atoms with Crippen molar-refractivity contribution in [1.29, 1.82) is 0 Å². The maximum absolute atomic E-state index is 12.4. The van der Waals surface area contributed by atoms with E-state index in [1.165, 1.54) is 5.56 Å². The molecule has 0 atom stereocenters. The van der Waals surface area contributed by atoms with Gasteiger partial charge in [-0.15, -0.1) is 0 Å². The van der Waals surface area contributed by atoms with Gasteiger partial charge < -0.3 is 9.64 Å². The number of ether oxygens (including phenoxy) is 1. The summed E-state index contributed by atoms with van der Waals surface area (Å²) in [5.41, 5.74) is 3.15. The van der Waals surface area contributed by atoms with Gasteiger partial charge in [0.15, 0.2) is 0 Å². The SMILES string of the molecule is Cc1ccc(C(=O)N2CC(Oc3ccccc3C(C)(C)C)C2)cc1. The fraction of sp³-hybridized carbons (Fsp3) is 0.381. The maximum atomic E-state index is 12.4. The van der Waals surface area contributed by atoms with Crippen molar-refractivity contribution < 1.29 is 9.53 Å². The lowest BCUT2D eigenvalue weighted by molar-refractivity contribution is 0.0171. The van der Waals surface area contributed by atoms with Crippen molar-refractivity contribution in [2.24, 2.45) is 0 Å². The Morgan fingerprint density at radius 1 is 1.04 bits per heavy atom. The largest absolute Gasteiger partial charge is 0.486 e. The minimum absolute atomic E-state index is 0.0394. The average Bonchev–Trinajstić information content (AvgIpc) is 2.50. The zero-order valence-corrected chi connectivity index (χ0v) is 14.9. The van der Waals surface area contributed by atoms with Crippen LogP contribution in [0.1, 0.15) is 42.3 Å². The molecular formula is C21H25NO2. The van der Waals surface area contributed by atoms with E-state index in [0.29, 0.717) is 13.1 Å². The first kappa shape index (κ1) is 16.6. The van der Waals surface area contributed by atoms with Gasteiger partial charge in [-0.1, -0.05) is 56.7 Å². The Bertz CT molecular complexity index is 722.